The molecule has 0 aliphatic rings. The summed E-state index contributed by atoms with van der Waals surface area (Å²) in [7, 11) is 0. The van der Waals surface area contributed by atoms with E-state index in [0.29, 0.717) is 18.7 Å². The third-order valence-corrected chi connectivity index (χ3v) is 3.52. The molecule has 130 valence electrons. The van der Waals surface area contributed by atoms with Crippen LogP contribution < -0.4 is 15.4 Å². The minimum atomic E-state index is -0.355. The maximum absolute atomic E-state index is 13.0. The largest absolute Gasteiger partial charge is 0.492 e. The Hall–Kier alpha value is -2.57. The molecule has 2 rings (SSSR count). The highest BCUT2D eigenvalue weighted by Crippen LogP contribution is 2.14. The van der Waals surface area contributed by atoms with E-state index in [1.807, 2.05) is 20.8 Å². The van der Waals surface area contributed by atoms with Crippen molar-refractivity contribution in [3.8, 4) is 5.75 Å². The van der Waals surface area contributed by atoms with E-state index in [1.54, 1.807) is 12.1 Å². The van der Waals surface area contributed by atoms with E-state index in [0.717, 1.165) is 17.0 Å². The summed E-state index contributed by atoms with van der Waals surface area (Å²) in [5, 5.41) is 9.44. The highest BCUT2D eigenvalue weighted by atomic mass is 19.1. The van der Waals surface area contributed by atoms with E-state index < -0.39 is 0 Å². The van der Waals surface area contributed by atoms with Gasteiger partial charge >= 0.3 is 6.03 Å². The van der Waals surface area contributed by atoms with Gasteiger partial charge in [-0.15, -0.1) is 0 Å². The van der Waals surface area contributed by atoms with Crippen LogP contribution in [0.3, 0.4) is 0 Å². The van der Waals surface area contributed by atoms with Crippen LogP contribution in [0.25, 0.3) is 0 Å². The zero-order valence-corrected chi connectivity index (χ0v) is 14.1. The van der Waals surface area contributed by atoms with Crippen molar-refractivity contribution in [3.63, 3.8) is 0 Å². The van der Waals surface area contributed by atoms with E-state index in [9.17, 15) is 9.18 Å². The van der Waals surface area contributed by atoms with Gasteiger partial charge in [0.1, 0.15) is 23.9 Å². The van der Waals surface area contributed by atoms with E-state index in [4.69, 9.17) is 9.26 Å². The number of aryl methyl sites for hydroxylation is 2. The van der Waals surface area contributed by atoms with Crippen molar-refractivity contribution in [1.82, 2.24) is 15.8 Å². The Balaban J connectivity index is 1.67. The lowest BCUT2D eigenvalue weighted by atomic mass is 10.1. The van der Waals surface area contributed by atoms with E-state index in [1.165, 1.54) is 12.1 Å². The van der Waals surface area contributed by atoms with Crippen LogP contribution in [0.15, 0.2) is 28.8 Å². The lowest BCUT2D eigenvalue weighted by Crippen LogP contribution is -2.43. The third kappa shape index (κ3) is 5.26. The van der Waals surface area contributed by atoms with Crippen molar-refractivity contribution >= 4 is 6.03 Å². The molecule has 2 N–H and O–H groups in total. The van der Waals surface area contributed by atoms with Gasteiger partial charge in [-0.2, -0.15) is 0 Å². The summed E-state index contributed by atoms with van der Waals surface area (Å²) in [6, 6.07) is 5.53. The fraction of sp³-hybridized carbons (Fsp3) is 0.412. The van der Waals surface area contributed by atoms with Crippen LogP contribution in [0, 0.1) is 19.7 Å². The molecule has 0 spiro atoms. The maximum Gasteiger partial charge on any atom is 0.315 e. The van der Waals surface area contributed by atoms with Gasteiger partial charge < -0.3 is 19.9 Å². The summed E-state index contributed by atoms with van der Waals surface area (Å²) in [6.07, 6.45) is 0.647. The minimum absolute atomic E-state index is 0.0639. The van der Waals surface area contributed by atoms with Crippen LogP contribution in [0.4, 0.5) is 9.18 Å². The summed E-state index contributed by atoms with van der Waals surface area (Å²) in [5.74, 6) is 0.848. The van der Waals surface area contributed by atoms with Gasteiger partial charge in [0.15, 0.2) is 0 Å². The Labute approximate surface area is 140 Å². The van der Waals surface area contributed by atoms with Gasteiger partial charge in [-0.1, -0.05) is 11.2 Å². The molecular formula is C17H22FN3O3. The number of rotatable bonds is 7. The van der Waals surface area contributed by atoms with Crippen molar-refractivity contribution in [2.24, 2.45) is 0 Å². The van der Waals surface area contributed by atoms with Crippen LogP contribution in [-0.2, 0) is 6.42 Å². The zero-order chi connectivity index (χ0) is 17.5. The molecule has 0 fully saturated rings. The Bertz CT molecular complexity index is 668. The number of benzene rings is 1. The van der Waals surface area contributed by atoms with Gasteiger partial charge in [0.05, 0.1) is 12.2 Å². The monoisotopic (exact) mass is 335 g/mol. The number of hydrogen-bond donors (Lipinski definition) is 2. The molecule has 2 amide bonds. The number of aromatic nitrogens is 1. The predicted molar refractivity (Wildman–Crippen MR) is 87.6 cm³/mol. The molecule has 1 aromatic heterocycles. The average Bonchev–Trinajstić information content (AvgIpc) is 2.83. The third-order valence-electron chi connectivity index (χ3n) is 3.52. The summed E-state index contributed by atoms with van der Waals surface area (Å²) in [4.78, 5) is 11.8. The lowest BCUT2D eigenvalue weighted by Gasteiger charge is -2.14. The van der Waals surface area contributed by atoms with Crippen LogP contribution >= 0.6 is 0 Å². The number of ether oxygens (including phenoxy) is 1. The first kappa shape index (κ1) is 17.8. The molecule has 24 heavy (non-hydrogen) atoms. The molecule has 6 nitrogen and oxygen atoms in total. The van der Waals surface area contributed by atoms with Gasteiger partial charge in [0, 0.05) is 17.7 Å². The topological polar surface area (TPSA) is 76.4 Å². The summed E-state index contributed by atoms with van der Waals surface area (Å²) in [6.45, 7) is 6.22. The predicted octanol–water partition coefficient (Wildman–Crippen LogP) is 2.74. The number of carbonyl (C=O) groups excluding carboxylic acids is 1. The lowest BCUT2D eigenvalue weighted by molar-refractivity contribution is 0.233. The van der Waals surface area contributed by atoms with E-state index in [-0.39, 0.29) is 24.5 Å². The zero-order valence-electron chi connectivity index (χ0n) is 14.1. The normalized spacial score (nSPS) is 11.8. The van der Waals surface area contributed by atoms with Crippen molar-refractivity contribution < 1.29 is 18.4 Å². The molecule has 0 radical (unpaired) electrons. The van der Waals surface area contributed by atoms with Crippen LogP contribution in [0.1, 0.15) is 23.9 Å². The first-order chi connectivity index (χ1) is 11.5. The second kappa shape index (κ2) is 8.33. The minimum Gasteiger partial charge on any atom is -0.492 e. The SMILES string of the molecule is Cc1noc(C)c1C[C@@H](C)NC(=O)NCCOc1cccc(F)c1. The molecule has 0 saturated heterocycles. The Morgan fingerprint density at radius 1 is 1.42 bits per heavy atom. The molecule has 1 aromatic carbocycles. The van der Waals surface area contributed by atoms with Crippen molar-refractivity contribution in [1.29, 1.82) is 0 Å². The van der Waals surface area contributed by atoms with Gasteiger partial charge in [-0.05, 0) is 39.3 Å². The molecule has 1 atom stereocenters. The first-order valence-electron chi connectivity index (χ1n) is 7.80. The molecule has 0 aliphatic carbocycles. The first-order valence-corrected chi connectivity index (χ1v) is 7.80. The van der Waals surface area contributed by atoms with Gasteiger partial charge in [-0.25, -0.2) is 9.18 Å². The standard InChI is InChI=1S/C17H22FN3O3/c1-11(9-16-12(2)21-24-13(16)3)20-17(22)19-7-8-23-15-6-4-5-14(18)10-15/h4-6,10-11H,7-9H2,1-3H3,(H2,19,20,22)/t11-/m1/s1. The summed E-state index contributed by atoms with van der Waals surface area (Å²) < 4.78 is 23.5. The van der Waals surface area contributed by atoms with Gasteiger partial charge in [0.25, 0.3) is 0 Å². The van der Waals surface area contributed by atoms with Gasteiger partial charge in [0.2, 0.25) is 0 Å². The highest BCUT2D eigenvalue weighted by molar-refractivity contribution is 5.74. The highest BCUT2D eigenvalue weighted by Gasteiger charge is 2.14. The fourth-order valence-electron chi connectivity index (χ4n) is 2.32. The van der Waals surface area contributed by atoms with Crippen LogP contribution in [0.5, 0.6) is 5.75 Å². The number of nitrogens with one attached hydrogen (secondary N) is 2. The quantitative estimate of drug-likeness (QED) is 0.763. The molecule has 0 saturated carbocycles. The maximum atomic E-state index is 13.0. The summed E-state index contributed by atoms with van der Waals surface area (Å²) in [5.41, 5.74) is 1.85. The molecule has 1 heterocycles. The number of carbonyl (C=O) groups is 1. The smallest absolute Gasteiger partial charge is 0.315 e. The van der Waals surface area contributed by atoms with Gasteiger partial charge in [-0.3, -0.25) is 0 Å². The second-order valence-electron chi connectivity index (χ2n) is 5.61. The molecule has 0 unspecified atom stereocenters. The number of nitrogens with zero attached hydrogens (tertiary/aromatic N) is 1. The average molecular weight is 335 g/mol. The van der Waals surface area contributed by atoms with Crippen molar-refractivity contribution in [2.75, 3.05) is 13.2 Å². The molecule has 7 heteroatoms. The second-order valence-corrected chi connectivity index (χ2v) is 5.61. The summed E-state index contributed by atoms with van der Waals surface area (Å²) >= 11 is 0. The van der Waals surface area contributed by atoms with Crippen LogP contribution in [0.2, 0.25) is 0 Å². The Kier molecular flexibility index (Phi) is 6.17. The van der Waals surface area contributed by atoms with E-state index >= 15 is 0 Å². The fourth-order valence-corrected chi connectivity index (χ4v) is 2.32. The molecule has 0 bridgehead atoms. The van der Waals surface area contributed by atoms with Crippen LogP contribution in [-0.4, -0.2) is 30.4 Å². The van der Waals surface area contributed by atoms with Crippen molar-refractivity contribution in [3.05, 3.63) is 47.1 Å². The number of hydrogen-bond acceptors (Lipinski definition) is 4. The molecule has 0 aliphatic heterocycles. The Morgan fingerprint density at radius 2 is 2.21 bits per heavy atom. The van der Waals surface area contributed by atoms with E-state index in [2.05, 4.69) is 15.8 Å². The number of halogens is 1. The number of amides is 2. The molecular weight excluding hydrogens is 313 g/mol. The Morgan fingerprint density at radius 3 is 2.88 bits per heavy atom. The molecule has 2 aromatic rings. The number of urea groups is 1. The van der Waals surface area contributed by atoms with Crippen molar-refractivity contribution in [2.45, 2.75) is 33.2 Å².